The van der Waals surface area contributed by atoms with Gasteiger partial charge in [0.05, 0.1) is 30.5 Å². The number of nitrogens with one attached hydrogen (secondary N) is 2. The average molecular weight is 862 g/mol. The molecule has 0 radical (unpaired) electrons. The monoisotopic (exact) mass is 862 g/mol. The molecule has 63 heavy (non-hydrogen) atoms. The van der Waals surface area contributed by atoms with Gasteiger partial charge in [-0.3, -0.25) is 14.9 Å². The molecule has 3 fully saturated rings. The maximum absolute atomic E-state index is 14.8. The second-order valence-electron chi connectivity index (χ2n) is 19.6. The van der Waals surface area contributed by atoms with Crippen LogP contribution in [0.3, 0.4) is 0 Å². The van der Waals surface area contributed by atoms with Crippen molar-refractivity contribution in [2.45, 2.75) is 147 Å². The Morgan fingerprint density at radius 1 is 0.984 bits per heavy atom. The summed E-state index contributed by atoms with van der Waals surface area (Å²) in [5, 5.41) is 66.0. The van der Waals surface area contributed by atoms with Gasteiger partial charge in [-0.2, -0.15) is 0 Å². The van der Waals surface area contributed by atoms with Crippen LogP contribution >= 0.6 is 0 Å². The first-order valence-electron chi connectivity index (χ1n) is 23.4. The number of Topliss-reactive ketones (excluding diaryl/α,β-unsaturated/α-hetero) is 1. The lowest BCUT2D eigenvalue weighted by molar-refractivity contribution is -0.181. The molecule has 2 aliphatic heterocycles. The van der Waals surface area contributed by atoms with Crippen LogP contribution in [0.25, 0.3) is 0 Å². The van der Waals surface area contributed by atoms with Crippen molar-refractivity contribution in [3.05, 3.63) is 129 Å². The highest BCUT2D eigenvalue weighted by atomic mass is 16.3. The molecule has 9 N–H and O–H groups in total. The first-order chi connectivity index (χ1) is 30.1. The van der Waals surface area contributed by atoms with E-state index in [4.69, 9.17) is 5.73 Å². The molecule has 340 valence electrons. The summed E-state index contributed by atoms with van der Waals surface area (Å²) in [5.41, 5.74) is 12.7. The highest BCUT2D eigenvalue weighted by molar-refractivity contribution is 5.98. The number of aliphatic hydroxyl groups excluding tert-OH is 4. The minimum Gasteiger partial charge on any atom is -0.393 e. The van der Waals surface area contributed by atoms with Crippen LogP contribution in [0, 0.1) is 23.2 Å². The number of carbonyl (C=O) groups excluding carboxylic acids is 2. The molecule has 10 nitrogen and oxygen atoms in total. The van der Waals surface area contributed by atoms with Crippen LogP contribution in [0.15, 0.2) is 101 Å². The van der Waals surface area contributed by atoms with Crippen molar-refractivity contribution >= 4 is 11.7 Å². The molecule has 2 aromatic carbocycles. The van der Waals surface area contributed by atoms with E-state index >= 15 is 0 Å². The number of carbonyl (C=O) groups is 2. The molecule has 4 bridgehead atoms. The van der Waals surface area contributed by atoms with Crippen molar-refractivity contribution in [2.75, 3.05) is 13.2 Å². The average Bonchev–Trinajstić information content (AvgIpc) is 3.42. The minimum atomic E-state index is -1.22. The van der Waals surface area contributed by atoms with Gasteiger partial charge in [0.25, 0.3) is 0 Å². The van der Waals surface area contributed by atoms with Crippen molar-refractivity contribution in [1.29, 1.82) is 0 Å². The lowest BCUT2D eigenvalue weighted by Crippen LogP contribution is -2.61. The number of rotatable bonds is 7. The number of hydrogen-bond donors (Lipinski definition) is 8. The molecule has 1 spiro atoms. The van der Waals surface area contributed by atoms with Gasteiger partial charge in [-0.25, -0.2) is 0 Å². The molecule has 5 aliphatic rings. The predicted molar refractivity (Wildman–Crippen MR) is 247 cm³/mol. The van der Waals surface area contributed by atoms with Crippen molar-refractivity contribution in [2.24, 2.45) is 28.9 Å². The summed E-state index contributed by atoms with van der Waals surface area (Å²) in [7, 11) is 0. The predicted octanol–water partition coefficient (Wildman–Crippen LogP) is 6.61. The van der Waals surface area contributed by atoms with Crippen molar-refractivity contribution in [3.63, 3.8) is 0 Å². The maximum atomic E-state index is 14.8. The van der Waals surface area contributed by atoms with Gasteiger partial charge >= 0.3 is 0 Å². The number of aryl methyl sites for hydroxylation is 1. The van der Waals surface area contributed by atoms with E-state index in [1.54, 1.807) is 0 Å². The summed E-state index contributed by atoms with van der Waals surface area (Å²) in [5.74, 6) is -1.25. The number of fused-ring (bicyclic) bond motifs is 4. The van der Waals surface area contributed by atoms with Crippen molar-refractivity contribution < 1.29 is 35.1 Å². The van der Waals surface area contributed by atoms with Gasteiger partial charge in [0.1, 0.15) is 12.2 Å². The molecule has 2 heterocycles. The maximum Gasteiger partial charge on any atom is 0.243 e. The molecule has 0 saturated heterocycles. The lowest BCUT2D eigenvalue weighted by atomic mass is 9.51. The Kier molecular flexibility index (Phi) is 14.9. The minimum absolute atomic E-state index is 0.0000723. The van der Waals surface area contributed by atoms with Crippen molar-refractivity contribution in [3.8, 4) is 0 Å². The first kappa shape index (κ1) is 47.0. The third kappa shape index (κ3) is 9.83. The molecule has 0 aromatic heterocycles. The highest BCUT2D eigenvalue weighted by Gasteiger charge is 2.68. The van der Waals surface area contributed by atoms with Crippen molar-refractivity contribution in [1.82, 2.24) is 10.6 Å². The summed E-state index contributed by atoms with van der Waals surface area (Å²) >= 11 is 0. The van der Waals surface area contributed by atoms with Crippen LogP contribution in [-0.2, 0) is 28.9 Å². The highest BCUT2D eigenvalue weighted by Crippen LogP contribution is 2.68. The summed E-state index contributed by atoms with van der Waals surface area (Å²) < 4.78 is 0. The number of benzene rings is 2. The third-order valence-electron chi connectivity index (χ3n) is 15.4. The Morgan fingerprint density at radius 2 is 1.76 bits per heavy atom. The number of β-amino-alcohol motifs (C(OH)–C–C–N with tert-alkyl or cyclic N) is 1. The van der Waals surface area contributed by atoms with E-state index in [-0.39, 0.29) is 37.2 Å². The van der Waals surface area contributed by atoms with Crippen LogP contribution in [0.5, 0.6) is 0 Å². The van der Waals surface area contributed by atoms with Gasteiger partial charge in [-0.15, -0.1) is 0 Å². The molecule has 1 amide bonds. The van der Waals surface area contributed by atoms with Gasteiger partial charge < -0.3 is 36.6 Å². The number of allylic oxidation sites excluding steroid dienone is 8. The number of nitrogens with two attached hydrogens (primary N) is 1. The number of aliphatic hydroxyl groups is 5. The van der Waals surface area contributed by atoms with Crippen LogP contribution in [-0.4, -0.2) is 74.3 Å². The number of amides is 1. The molecule has 10 heteroatoms. The Balaban J connectivity index is 1.30. The van der Waals surface area contributed by atoms with Crippen LogP contribution in [0.2, 0.25) is 0 Å². The van der Waals surface area contributed by atoms with Gasteiger partial charge in [0, 0.05) is 24.3 Å². The molecule has 3 saturated carbocycles. The second kappa shape index (κ2) is 20.0. The fourth-order valence-corrected chi connectivity index (χ4v) is 12.2. The fourth-order valence-electron chi connectivity index (χ4n) is 12.2. The van der Waals surface area contributed by atoms with Gasteiger partial charge in [0.15, 0.2) is 5.78 Å². The first-order valence-corrected chi connectivity index (χ1v) is 23.4. The third-order valence-corrected chi connectivity index (χ3v) is 15.4. The Bertz CT molecular complexity index is 2150. The van der Waals surface area contributed by atoms with E-state index in [1.165, 1.54) is 5.57 Å². The largest absolute Gasteiger partial charge is 0.393 e. The summed E-state index contributed by atoms with van der Waals surface area (Å²) in [4.78, 5) is 28.4. The van der Waals surface area contributed by atoms with Crippen LogP contribution < -0.4 is 16.4 Å². The van der Waals surface area contributed by atoms with Crippen LogP contribution in [0.1, 0.15) is 131 Å². The smallest absolute Gasteiger partial charge is 0.243 e. The zero-order chi connectivity index (χ0) is 45.1. The normalized spacial score (nSPS) is 33.1. The zero-order valence-corrected chi connectivity index (χ0v) is 37.6. The SMILES string of the molecule is C=C(C=CC=C(CO)C1C2CCCC3(O)CCC4=C(C)C(=O)Cc5cccc6c5C(NCC(O)CCc5cccc(c5)CC(O)CCC4C3(C2)C1O)C(=O)NC6N)CCC=C(C)C. The fraction of sp³-hybridized carbons (Fsp3) is 0.547. The number of hydrogen-bond acceptors (Lipinski definition) is 9. The Hall–Kier alpha value is -4.00. The quantitative estimate of drug-likeness (QED) is 0.112. The lowest BCUT2D eigenvalue weighted by Gasteiger charge is -2.57. The summed E-state index contributed by atoms with van der Waals surface area (Å²) in [6.07, 6.45) is 12.3. The van der Waals surface area contributed by atoms with E-state index in [9.17, 15) is 35.1 Å². The van der Waals surface area contributed by atoms with E-state index in [2.05, 4.69) is 43.2 Å². The summed E-state index contributed by atoms with van der Waals surface area (Å²) in [6.45, 7) is 10.2. The van der Waals surface area contributed by atoms with Gasteiger partial charge in [0.2, 0.25) is 5.91 Å². The molecule has 10 atom stereocenters. The second-order valence-corrected chi connectivity index (χ2v) is 19.6. The molecular formula is C53H71N3O7. The van der Waals surface area contributed by atoms with Crippen LogP contribution in [0.4, 0.5) is 0 Å². The standard InChI is InChI=1S/C53H71N3O7/c1-32(2)10-5-11-33(3)12-6-16-39(31-57)46-38-17-9-24-52(63)25-23-42-34(4)45(60)28-37-15-8-18-43-47(37)48(51(62)56-50(43)54)55-30-41(59)20-19-35-13-7-14-36(26-35)27-40(58)21-22-44(42)53(52,29-38)49(46)61/h6-8,10,12-16,18,26,38,40-41,44,46,48-50,55,57-59,61,63H,3,5,9,11,17,19-25,27-31,54H2,1-2,4H3,(H,56,62). The topological polar surface area (TPSA) is 185 Å². The molecule has 2 aromatic rings. The Morgan fingerprint density at radius 3 is 2.54 bits per heavy atom. The molecule has 10 unspecified atom stereocenters. The molecule has 7 rings (SSSR count). The van der Waals surface area contributed by atoms with E-state index in [1.807, 2.05) is 61.5 Å². The Labute approximate surface area is 374 Å². The van der Waals surface area contributed by atoms with E-state index in [0.717, 1.165) is 53.5 Å². The zero-order valence-electron chi connectivity index (χ0n) is 37.6. The van der Waals surface area contributed by atoms with E-state index < -0.39 is 53.4 Å². The summed E-state index contributed by atoms with van der Waals surface area (Å²) in [6, 6.07) is 12.8. The molecular weight excluding hydrogens is 791 g/mol. The van der Waals surface area contributed by atoms with E-state index in [0.29, 0.717) is 80.1 Å². The van der Waals surface area contributed by atoms with Gasteiger partial charge in [-0.05, 0) is 149 Å². The van der Waals surface area contributed by atoms with Gasteiger partial charge in [-0.1, -0.05) is 96.5 Å². The molecule has 3 aliphatic carbocycles. The number of ketones is 1.